The molecule has 0 fully saturated rings. The number of carbonyl (C=O) groups is 3. The van der Waals surface area contributed by atoms with Crippen LogP contribution in [0.25, 0.3) is 0 Å². The lowest BCUT2D eigenvalue weighted by molar-refractivity contribution is 0.0601. The van der Waals surface area contributed by atoms with Gasteiger partial charge in [0.15, 0.2) is 11.5 Å². The van der Waals surface area contributed by atoms with E-state index in [4.69, 9.17) is 32.7 Å². The Kier molecular flexibility index (Phi) is 10.0. The Hall–Kier alpha value is -2.09. The monoisotopic (exact) mass is 499 g/mol. The maximum absolute atomic E-state index is 12.8. The summed E-state index contributed by atoms with van der Waals surface area (Å²) < 4.78 is 10.5. The summed E-state index contributed by atoms with van der Waals surface area (Å²) in [6.07, 6.45) is 5.47. The molecule has 1 amide bonds. The number of hydrogen-bond donors (Lipinski definition) is 1. The molecule has 1 aromatic carbocycles. The van der Waals surface area contributed by atoms with Gasteiger partial charge in [-0.15, -0.1) is 11.3 Å². The highest BCUT2D eigenvalue weighted by Crippen LogP contribution is 2.37. The van der Waals surface area contributed by atoms with Gasteiger partial charge in [0.1, 0.15) is 5.00 Å². The van der Waals surface area contributed by atoms with Gasteiger partial charge in [-0.1, -0.05) is 55.8 Å². The molecule has 0 bridgehead atoms. The highest BCUT2D eigenvalue weighted by atomic mass is 35.5. The van der Waals surface area contributed by atoms with Gasteiger partial charge in [0.05, 0.1) is 34.2 Å². The van der Waals surface area contributed by atoms with Crippen LogP contribution < -0.4 is 10.1 Å². The summed E-state index contributed by atoms with van der Waals surface area (Å²) >= 11 is 13.6. The lowest BCUT2D eigenvalue weighted by Gasteiger charge is -2.12. The first-order valence-electron chi connectivity index (χ1n) is 10.4. The molecule has 174 valence electrons. The van der Waals surface area contributed by atoms with Gasteiger partial charge in [-0.25, -0.2) is 4.79 Å². The van der Waals surface area contributed by atoms with Gasteiger partial charge in [0.2, 0.25) is 0 Å². The Balaban J connectivity index is 2.18. The van der Waals surface area contributed by atoms with Crippen LogP contribution in [-0.4, -0.2) is 31.4 Å². The standard InChI is InChI=1S/C23H27Cl2NO5S/c1-5-6-7-8-9-10-31-19-16(24)11-15(12-17(19)25)21(28)26-22-18(23(29)30-4)13(2)20(32-22)14(3)27/h11-12H,5-10H2,1-4H3,(H,26,28). The fourth-order valence-electron chi connectivity index (χ4n) is 3.17. The van der Waals surface area contributed by atoms with Crippen molar-refractivity contribution in [2.24, 2.45) is 0 Å². The number of nitrogens with one attached hydrogen (secondary N) is 1. The third-order valence-corrected chi connectivity index (χ3v) is 6.71. The van der Waals surface area contributed by atoms with Crippen molar-refractivity contribution in [1.82, 2.24) is 0 Å². The van der Waals surface area contributed by atoms with Crippen LogP contribution >= 0.6 is 34.5 Å². The molecule has 0 atom stereocenters. The van der Waals surface area contributed by atoms with E-state index in [0.717, 1.165) is 30.6 Å². The van der Waals surface area contributed by atoms with E-state index < -0.39 is 11.9 Å². The van der Waals surface area contributed by atoms with Gasteiger partial charge in [0.25, 0.3) is 5.91 Å². The van der Waals surface area contributed by atoms with E-state index in [1.54, 1.807) is 6.92 Å². The Bertz CT molecular complexity index is 980. The summed E-state index contributed by atoms with van der Waals surface area (Å²) in [4.78, 5) is 37.3. The number of Topliss-reactive ketones (excluding diaryl/α,β-unsaturated/α-hetero) is 1. The number of unbranched alkanes of at least 4 members (excludes halogenated alkanes) is 4. The van der Waals surface area contributed by atoms with Crippen LogP contribution in [0, 0.1) is 6.92 Å². The second kappa shape index (κ2) is 12.2. The normalized spacial score (nSPS) is 10.7. The number of thiophene rings is 1. The third kappa shape index (κ3) is 6.47. The van der Waals surface area contributed by atoms with Crippen molar-refractivity contribution >= 4 is 57.2 Å². The van der Waals surface area contributed by atoms with E-state index in [2.05, 4.69) is 12.2 Å². The number of amides is 1. The molecule has 0 unspecified atom stereocenters. The molecule has 1 aromatic heterocycles. The second-order valence-corrected chi connectivity index (χ2v) is 9.13. The highest BCUT2D eigenvalue weighted by molar-refractivity contribution is 7.18. The summed E-state index contributed by atoms with van der Waals surface area (Å²) in [5, 5.41) is 3.34. The van der Waals surface area contributed by atoms with E-state index in [0.29, 0.717) is 22.8 Å². The predicted octanol–water partition coefficient (Wildman–Crippen LogP) is 6.95. The summed E-state index contributed by atoms with van der Waals surface area (Å²) in [5.74, 6) is -1.04. The van der Waals surface area contributed by atoms with Crippen molar-refractivity contribution in [1.29, 1.82) is 0 Å². The lowest BCUT2D eigenvalue weighted by atomic mass is 10.1. The number of halogens is 2. The van der Waals surface area contributed by atoms with E-state index in [9.17, 15) is 14.4 Å². The molecule has 2 rings (SSSR count). The number of ether oxygens (including phenoxy) is 2. The second-order valence-electron chi connectivity index (χ2n) is 7.29. The predicted molar refractivity (Wildman–Crippen MR) is 129 cm³/mol. The van der Waals surface area contributed by atoms with Gasteiger partial charge in [-0.2, -0.15) is 0 Å². The number of benzene rings is 1. The molecule has 1 heterocycles. The molecule has 0 aliphatic carbocycles. The Morgan fingerprint density at radius 2 is 1.69 bits per heavy atom. The molecular weight excluding hydrogens is 473 g/mol. The van der Waals surface area contributed by atoms with E-state index in [-0.39, 0.29) is 32.0 Å². The van der Waals surface area contributed by atoms with Crippen LogP contribution in [0.3, 0.4) is 0 Å². The lowest BCUT2D eigenvalue weighted by Crippen LogP contribution is -2.14. The van der Waals surface area contributed by atoms with Crippen molar-refractivity contribution in [3.8, 4) is 5.75 Å². The number of methoxy groups -OCH3 is 1. The van der Waals surface area contributed by atoms with Gasteiger partial charge < -0.3 is 14.8 Å². The topological polar surface area (TPSA) is 81.7 Å². The minimum atomic E-state index is -0.639. The Morgan fingerprint density at radius 1 is 1.06 bits per heavy atom. The minimum Gasteiger partial charge on any atom is -0.490 e. The number of hydrogen-bond acceptors (Lipinski definition) is 6. The molecule has 32 heavy (non-hydrogen) atoms. The van der Waals surface area contributed by atoms with Crippen LogP contribution in [0.1, 0.15) is 81.9 Å². The first-order valence-corrected chi connectivity index (χ1v) is 11.9. The maximum Gasteiger partial charge on any atom is 0.341 e. The van der Waals surface area contributed by atoms with Crippen LogP contribution in [0.15, 0.2) is 12.1 Å². The van der Waals surface area contributed by atoms with Crippen molar-refractivity contribution in [2.45, 2.75) is 52.9 Å². The van der Waals surface area contributed by atoms with Crippen LogP contribution in [0.5, 0.6) is 5.75 Å². The molecule has 6 nitrogen and oxygen atoms in total. The molecule has 0 radical (unpaired) electrons. The summed E-state index contributed by atoms with van der Waals surface area (Å²) in [5.41, 5.74) is 0.807. The molecule has 0 saturated heterocycles. The average molecular weight is 500 g/mol. The number of carbonyl (C=O) groups excluding carboxylic acids is 3. The molecule has 2 aromatic rings. The quantitative estimate of drug-likeness (QED) is 0.205. The number of esters is 1. The Labute approximate surface area is 202 Å². The fourth-order valence-corrected chi connectivity index (χ4v) is 4.85. The zero-order chi connectivity index (χ0) is 23.8. The number of anilines is 1. The smallest absolute Gasteiger partial charge is 0.341 e. The van der Waals surface area contributed by atoms with Crippen LogP contribution in [-0.2, 0) is 4.74 Å². The SMILES string of the molecule is CCCCCCCOc1c(Cl)cc(C(=O)Nc2sc(C(C)=O)c(C)c2C(=O)OC)cc1Cl. The Morgan fingerprint density at radius 3 is 2.25 bits per heavy atom. The first kappa shape index (κ1) is 26.2. The van der Waals surface area contributed by atoms with E-state index in [1.165, 1.54) is 39.0 Å². The largest absolute Gasteiger partial charge is 0.490 e. The fraction of sp³-hybridized carbons (Fsp3) is 0.435. The molecule has 9 heteroatoms. The van der Waals surface area contributed by atoms with Gasteiger partial charge in [-0.05, 0) is 38.0 Å². The first-order chi connectivity index (χ1) is 15.2. The number of rotatable bonds is 11. The highest BCUT2D eigenvalue weighted by Gasteiger charge is 2.25. The van der Waals surface area contributed by atoms with Crippen molar-refractivity contribution in [3.63, 3.8) is 0 Å². The zero-order valence-electron chi connectivity index (χ0n) is 18.6. The molecule has 0 spiro atoms. The van der Waals surface area contributed by atoms with Crippen LogP contribution in [0.2, 0.25) is 10.0 Å². The molecule has 0 saturated carbocycles. The maximum atomic E-state index is 12.8. The number of ketones is 1. The van der Waals surface area contributed by atoms with Crippen LogP contribution in [0.4, 0.5) is 5.00 Å². The summed E-state index contributed by atoms with van der Waals surface area (Å²) in [6.45, 7) is 5.68. The van der Waals surface area contributed by atoms with Crippen molar-refractivity contribution in [3.05, 3.63) is 43.7 Å². The van der Waals surface area contributed by atoms with Crippen molar-refractivity contribution in [2.75, 3.05) is 19.0 Å². The molecular formula is C23H27Cl2NO5S. The molecule has 0 aliphatic rings. The third-order valence-electron chi connectivity index (χ3n) is 4.84. The average Bonchev–Trinajstić information content (AvgIpc) is 3.07. The van der Waals surface area contributed by atoms with Gasteiger partial charge in [-0.3, -0.25) is 9.59 Å². The summed E-state index contributed by atoms with van der Waals surface area (Å²) in [6, 6.07) is 2.92. The minimum absolute atomic E-state index is 0.149. The van der Waals surface area contributed by atoms with Gasteiger partial charge in [0, 0.05) is 5.56 Å². The van der Waals surface area contributed by atoms with E-state index >= 15 is 0 Å². The zero-order valence-corrected chi connectivity index (χ0v) is 20.9. The van der Waals surface area contributed by atoms with Crippen molar-refractivity contribution < 1.29 is 23.9 Å². The van der Waals surface area contributed by atoms with E-state index in [1.807, 2.05) is 0 Å². The van der Waals surface area contributed by atoms with Gasteiger partial charge >= 0.3 is 5.97 Å². The molecule has 0 aliphatic heterocycles. The molecule has 1 N–H and O–H groups in total. The summed E-state index contributed by atoms with van der Waals surface area (Å²) in [7, 11) is 1.24.